The third kappa shape index (κ3) is 4.46. The van der Waals surface area contributed by atoms with Crippen LogP contribution in [0.15, 0.2) is 29.4 Å². The van der Waals surface area contributed by atoms with Gasteiger partial charge in [0.1, 0.15) is 6.54 Å². The molecule has 0 atom stereocenters. The summed E-state index contributed by atoms with van der Waals surface area (Å²) >= 11 is 1.13. The van der Waals surface area contributed by atoms with E-state index in [1.54, 1.807) is 0 Å². The SMILES string of the molecule is COC(=O)CNC(=O)CSc1nnc(-c2ccc(C)cc2)n1N. The van der Waals surface area contributed by atoms with Crippen molar-refractivity contribution in [3.05, 3.63) is 29.8 Å². The van der Waals surface area contributed by atoms with Crippen LogP contribution in [0.3, 0.4) is 0 Å². The Kier molecular flexibility index (Phi) is 5.58. The Bertz CT molecular complexity index is 699. The molecule has 0 spiro atoms. The molecular weight excluding hydrogens is 318 g/mol. The number of rotatable bonds is 6. The van der Waals surface area contributed by atoms with E-state index in [0.29, 0.717) is 11.0 Å². The fourth-order valence-corrected chi connectivity index (χ4v) is 2.39. The highest BCUT2D eigenvalue weighted by molar-refractivity contribution is 7.99. The van der Waals surface area contributed by atoms with Crippen molar-refractivity contribution in [3.63, 3.8) is 0 Å². The highest BCUT2D eigenvalue weighted by Gasteiger charge is 2.14. The molecule has 1 heterocycles. The third-order valence-electron chi connectivity index (χ3n) is 2.96. The fraction of sp³-hybridized carbons (Fsp3) is 0.286. The molecule has 1 aromatic heterocycles. The maximum absolute atomic E-state index is 11.6. The summed E-state index contributed by atoms with van der Waals surface area (Å²) < 4.78 is 5.77. The Balaban J connectivity index is 1.96. The highest BCUT2D eigenvalue weighted by atomic mass is 32.2. The van der Waals surface area contributed by atoms with Crippen LogP contribution in [-0.2, 0) is 14.3 Å². The molecule has 122 valence electrons. The molecule has 0 aliphatic carbocycles. The highest BCUT2D eigenvalue weighted by Crippen LogP contribution is 2.21. The number of ether oxygens (including phenoxy) is 1. The number of hydrogen-bond acceptors (Lipinski definition) is 7. The van der Waals surface area contributed by atoms with Gasteiger partial charge >= 0.3 is 5.97 Å². The smallest absolute Gasteiger partial charge is 0.325 e. The van der Waals surface area contributed by atoms with Crippen LogP contribution < -0.4 is 11.2 Å². The van der Waals surface area contributed by atoms with Gasteiger partial charge in [-0.15, -0.1) is 10.2 Å². The molecule has 0 saturated carbocycles. The summed E-state index contributed by atoms with van der Waals surface area (Å²) in [4.78, 5) is 22.6. The maximum Gasteiger partial charge on any atom is 0.325 e. The van der Waals surface area contributed by atoms with Crippen LogP contribution in [0.4, 0.5) is 0 Å². The van der Waals surface area contributed by atoms with E-state index in [9.17, 15) is 9.59 Å². The molecule has 1 aromatic carbocycles. The van der Waals surface area contributed by atoms with Crippen molar-refractivity contribution in [2.45, 2.75) is 12.1 Å². The van der Waals surface area contributed by atoms with Crippen LogP contribution in [0, 0.1) is 6.92 Å². The van der Waals surface area contributed by atoms with Crippen molar-refractivity contribution in [2.24, 2.45) is 0 Å². The number of hydrogen-bond donors (Lipinski definition) is 2. The van der Waals surface area contributed by atoms with Gasteiger partial charge in [0, 0.05) is 5.56 Å². The quantitative estimate of drug-likeness (QED) is 0.445. The third-order valence-corrected chi connectivity index (χ3v) is 3.91. The molecule has 0 radical (unpaired) electrons. The summed E-state index contributed by atoms with van der Waals surface area (Å²) in [5.41, 5.74) is 1.97. The number of carbonyl (C=O) groups excluding carboxylic acids is 2. The first-order chi connectivity index (χ1) is 11.0. The molecule has 0 saturated heterocycles. The van der Waals surface area contributed by atoms with E-state index in [1.165, 1.54) is 11.8 Å². The number of esters is 1. The van der Waals surface area contributed by atoms with Crippen molar-refractivity contribution in [1.29, 1.82) is 0 Å². The summed E-state index contributed by atoms with van der Waals surface area (Å²) in [5, 5.41) is 10.9. The van der Waals surface area contributed by atoms with Gasteiger partial charge in [-0.05, 0) is 6.92 Å². The number of nitrogens with zero attached hydrogens (tertiary/aromatic N) is 3. The summed E-state index contributed by atoms with van der Waals surface area (Å²) in [7, 11) is 1.26. The predicted molar refractivity (Wildman–Crippen MR) is 86.1 cm³/mol. The molecule has 23 heavy (non-hydrogen) atoms. The van der Waals surface area contributed by atoms with Crippen LogP contribution in [0.2, 0.25) is 0 Å². The van der Waals surface area contributed by atoms with Gasteiger partial charge in [-0.1, -0.05) is 41.6 Å². The summed E-state index contributed by atoms with van der Waals surface area (Å²) in [6, 6.07) is 7.72. The second-order valence-electron chi connectivity index (χ2n) is 4.68. The van der Waals surface area contributed by atoms with E-state index in [1.807, 2.05) is 31.2 Å². The number of amides is 1. The predicted octanol–water partition coefficient (Wildman–Crippen LogP) is 0.349. The number of benzene rings is 1. The topological polar surface area (TPSA) is 112 Å². The number of aromatic nitrogens is 3. The number of nitrogen functional groups attached to an aromatic ring is 1. The number of methoxy groups -OCH3 is 1. The van der Waals surface area contributed by atoms with Gasteiger partial charge < -0.3 is 15.9 Å². The zero-order chi connectivity index (χ0) is 16.8. The van der Waals surface area contributed by atoms with E-state index < -0.39 is 5.97 Å². The molecule has 2 rings (SSSR count). The summed E-state index contributed by atoms with van der Waals surface area (Å²) in [6.45, 7) is 1.82. The average Bonchev–Trinajstić information content (AvgIpc) is 2.92. The average molecular weight is 335 g/mol. The maximum atomic E-state index is 11.6. The molecule has 1 amide bonds. The Morgan fingerprint density at radius 3 is 2.65 bits per heavy atom. The van der Waals surface area contributed by atoms with Gasteiger partial charge in [0.15, 0.2) is 5.82 Å². The molecule has 0 unspecified atom stereocenters. The molecule has 9 heteroatoms. The number of thioether (sulfide) groups is 1. The van der Waals surface area contributed by atoms with E-state index in [2.05, 4.69) is 20.3 Å². The minimum Gasteiger partial charge on any atom is -0.468 e. The standard InChI is InChI=1S/C14H17N5O3S/c1-9-3-5-10(6-4-9)13-17-18-14(19(13)15)23-8-11(20)16-7-12(21)22-2/h3-6H,7-8,15H2,1-2H3,(H,16,20). The minimum atomic E-state index is -0.507. The van der Waals surface area contributed by atoms with E-state index in [-0.39, 0.29) is 18.2 Å². The number of nitrogens with two attached hydrogens (primary N) is 1. The fourth-order valence-electron chi connectivity index (χ4n) is 1.70. The van der Waals surface area contributed by atoms with Crippen molar-refractivity contribution in [3.8, 4) is 11.4 Å². The van der Waals surface area contributed by atoms with E-state index in [4.69, 9.17) is 5.84 Å². The van der Waals surface area contributed by atoms with Gasteiger partial charge in [-0.25, -0.2) is 4.68 Å². The lowest BCUT2D eigenvalue weighted by atomic mass is 10.1. The van der Waals surface area contributed by atoms with Crippen LogP contribution in [0.5, 0.6) is 0 Å². The molecular formula is C14H17N5O3S. The molecule has 8 nitrogen and oxygen atoms in total. The molecule has 3 N–H and O–H groups in total. The molecule has 0 bridgehead atoms. The lowest BCUT2D eigenvalue weighted by Gasteiger charge is -2.05. The zero-order valence-electron chi connectivity index (χ0n) is 12.8. The Labute approximate surface area is 137 Å². The first kappa shape index (κ1) is 16.8. The Morgan fingerprint density at radius 2 is 2.00 bits per heavy atom. The van der Waals surface area contributed by atoms with E-state index in [0.717, 1.165) is 22.9 Å². The summed E-state index contributed by atoms with van der Waals surface area (Å²) in [6.07, 6.45) is 0. The largest absolute Gasteiger partial charge is 0.468 e. The van der Waals surface area contributed by atoms with Crippen molar-refractivity contribution in [2.75, 3.05) is 25.3 Å². The number of aryl methyl sites for hydroxylation is 1. The molecule has 2 aromatic rings. The lowest BCUT2D eigenvalue weighted by Crippen LogP contribution is -2.31. The first-order valence-corrected chi connectivity index (χ1v) is 7.73. The first-order valence-electron chi connectivity index (χ1n) is 6.75. The Hall–Kier alpha value is -2.55. The minimum absolute atomic E-state index is 0.0697. The van der Waals surface area contributed by atoms with Crippen LogP contribution in [-0.4, -0.2) is 46.2 Å². The zero-order valence-corrected chi connectivity index (χ0v) is 13.6. The van der Waals surface area contributed by atoms with Crippen molar-refractivity contribution >= 4 is 23.6 Å². The Morgan fingerprint density at radius 1 is 1.30 bits per heavy atom. The van der Waals surface area contributed by atoms with Gasteiger partial charge in [-0.3, -0.25) is 9.59 Å². The van der Waals surface area contributed by atoms with Gasteiger partial charge in [0.2, 0.25) is 11.1 Å². The normalized spacial score (nSPS) is 10.3. The van der Waals surface area contributed by atoms with Gasteiger partial charge in [0.25, 0.3) is 0 Å². The summed E-state index contributed by atoms with van der Waals surface area (Å²) in [5.74, 6) is 5.73. The van der Waals surface area contributed by atoms with Crippen LogP contribution >= 0.6 is 11.8 Å². The van der Waals surface area contributed by atoms with Crippen LogP contribution in [0.1, 0.15) is 5.56 Å². The van der Waals surface area contributed by atoms with Crippen molar-refractivity contribution in [1.82, 2.24) is 20.2 Å². The monoisotopic (exact) mass is 335 g/mol. The van der Waals surface area contributed by atoms with Crippen LogP contribution in [0.25, 0.3) is 11.4 Å². The molecule has 0 fully saturated rings. The van der Waals surface area contributed by atoms with E-state index >= 15 is 0 Å². The second kappa shape index (κ2) is 7.63. The molecule has 0 aliphatic rings. The number of nitrogens with one attached hydrogen (secondary N) is 1. The number of carbonyl (C=O) groups is 2. The van der Waals surface area contributed by atoms with Crippen molar-refractivity contribution < 1.29 is 14.3 Å². The van der Waals surface area contributed by atoms with Gasteiger partial charge in [0.05, 0.1) is 12.9 Å². The van der Waals surface area contributed by atoms with Gasteiger partial charge in [-0.2, -0.15) is 0 Å². The second-order valence-corrected chi connectivity index (χ2v) is 5.63. The molecule has 0 aliphatic heterocycles. The lowest BCUT2D eigenvalue weighted by molar-refractivity contribution is -0.140.